The van der Waals surface area contributed by atoms with Gasteiger partial charge in [-0.1, -0.05) is 6.07 Å². The number of aromatic nitrogens is 2. The summed E-state index contributed by atoms with van der Waals surface area (Å²) >= 11 is 0. The van der Waals surface area contributed by atoms with Crippen molar-refractivity contribution in [2.75, 3.05) is 5.32 Å². The van der Waals surface area contributed by atoms with Gasteiger partial charge < -0.3 is 10.6 Å². The SMILES string of the molecule is CC(=O)Nc1ccc(CNC(=O)c2ccncc2)cn1. The quantitative estimate of drug-likeness (QED) is 0.878. The number of hydrogen-bond acceptors (Lipinski definition) is 4. The predicted molar refractivity (Wildman–Crippen MR) is 73.9 cm³/mol. The molecule has 2 heterocycles. The van der Waals surface area contributed by atoms with Crippen LogP contribution in [0.2, 0.25) is 0 Å². The molecule has 0 unspecified atom stereocenters. The molecule has 0 radical (unpaired) electrons. The number of nitrogens with zero attached hydrogens (tertiary/aromatic N) is 2. The van der Waals surface area contributed by atoms with Crippen LogP contribution in [0.3, 0.4) is 0 Å². The van der Waals surface area contributed by atoms with Gasteiger partial charge in [0.05, 0.1) is 0 Å². The lowest BCUT2D eigenvalue weighted by molar-refractivity contribution is -0.114. The maximum atomic E-state index is 11.8. The van der Waals surface area contributed by atoms with Gasteiger partial charge in [0.1, 0.15) is 5.82 Å². The summed E-state index contributed by atoms with van der Waals surface area (Å²) < 4.78 is 0. The molecule has 6 heteroatoms. The Hall–Kier alpha value is -2.76. The van der Waals surface area contributed by atoms with Crippen LogP contribution in [-0.2, 0) is 11.3 Å². The third-order valence-corrected chi connectivity index (χ3v) is 2.52. The van der Waals surface area contributed by atoms with Crippen molar-refractivity contribution in [1.82, 2.24) is 15.3 Å². The van der Waals surface area contributed by atoms with E-state index in [9.17, 15) is 9.59 Å². The van der Waals surface area contributed by atoms with Crippen LogP contribution in [0.4, 0.5) is 5.82 Å². The summed E-state index contributed by atoms with van der Waals surface area (Å²) in [6, 6.07) is 6.78. The van der Waals surface area contributed by atoms with Gasteiger partial charge >= 0.3 is 0 Å². The van der Waals surface area contributed by atoms with Crippen LogP contribution < -0.4 is 10.6 Å². The highest BCUT2D eigenvalue weighted by Crippen LogP contribution is 2.05. The number of nitrogens with one attached hydrogen (secondary N) is 2. The summed E-state index contributed by atoms with van der Waals surface area (Å²) in [7, 11) is 0. The first-order chi connectivity index (χ1) is 9.65. The molecule has 102 valence electrons. The maximum Gasteiger partial charge on any atom is 0.251 e. The van der Waals surface area contributed by atoms with Gasteiger partial charge in [0.15, 0.2) is 0 Å². The number of carbonyl (C=O) groups is 2. The molecular weight excluding hydrogens is 256 g/mol. The van der Waals surface area contributed by atoms with Crippen LogP contribution in [0.25, 0.3) is 0 Å². The molecule has 2 aromatic heterocycles. The van der Waals surface area contributed by atoms with Crippen LogP contribution in [0.1, 0.15) is 22.8 Å². The fourth-order valence-corrected chi connectivity index (χ4v) is 1.57. The van der Waals surface area contributed by atoms with E-state index in [2.05, 4.69) is 20.6 Å². The second-order valence-corrected chi connectivity index (χ2v) is 4.15. The third-order valence-electron chi connectivity index (χ3n) is 2.52. The van der Waals surface area contributed by atoms with E-state index in [-0.39, 0.29) is 11.8 Å². The Labute approximate surface area is 116 Å². The Kier molecular flexibility index (Phi) is 4.39. The molecule has 2 aromatic rings. The van der Waals surface area contributed by atoms with Crippen LogP contribution in [-0.4, -0.2) is 21.8 Å². The summed E-state index contributed by atoms with van der Waals surface area (Å²) in [6.07, 6.45) is 4.75. The fourth-order valence-electron chi connectivity index (χ4n) is 1.57. The van der Waals surface area contributed by atoms with Gasteiger partial charge in [-0.05, 0) is 23.8 Å². The van der Waals surface area contributed by atoms with Gasteiger partial charge in [0, 0.05) is 37.6 Å². The second-order valence-electron chi connectivity index (χ2n) is 4.15. The molecule has 0 saturated carbocycles. The lowest BCUT2D eigenvalue weighted by Gasteiger charge is -2.06. The molecule has 0 saturated heterocycles. The topological polar surface area (TPSA) is 84.0 Å². The highest BCUT2D eigenvalue weighted by molar-refractivity contribution is 5.93. The summed E-state index contributed by atoms with van der Waals surface area (Å²) in [4.78, 5) is 30.6. The molecule has 0 aliphatic heterocycles. The van der Waals surface area contributed by atoms with E-state index < -0.39 is 0 Å². The Morgan fingerprint density at radius 2 is 1.90 bits per heavy atom. The van der Waals surface area contributed by atoms with Gasteiger partial charge in [0.2, 0.25) is 5.91 Å². The first kappa shape index (κ1) is 13.7. The molecule has 2 amide bonds. The minimum atomic E-state index is -0.170. The van der Waals surface area contributed by atoms with Crippen LogP contribution in [0, 0.1) is 0 Å². The Bertz CT molecular complexity index is 596. The molecule has 20 heavy (non-hydrogen) atoms. The van der Waals surface area contributed by atoms with Crippen molar-refractivity contribution >= 4 is 17.6 Å². The standard InChI is InChI=1S/C14H14N4O2/c1-10(19)18-13-3-2-11(8-16-13)9-17-14(20)12-4-6-15-7-5-12/h2-8H,9H2,1H3,(H,17,20)(H,16,18,19). The van der Waals surface area contributed by atoms with Crippen LogP contribution >= 0.6 is 0 Å². The summed E-state index contributed by atoms with van der Waals surface area (Å²) in [5.74, 6) is 0.149. The number of hydrogen-bond donors (Lipinski definition) is 2. The fraction of sp³-hybridized carbons (Fsp3) is 0.143. The summed E-state index contributed by atoms with van der Waals surface area (Å²) in [5.41, 5.74) is 1.41. The Morgan fingerprint density at radius 1 is 1.15 bits per heavy atom. The molecule has 0 aliphatic rings. The predicted octanol–water partition coefficient (Wildman–Crippen LogP) is 1.36. The first-order valence-electron chi connectivity index (χ1n) is 6.06. The number of carbonyl (C=O) groups excluding carboxylic acids is 2. The van der Waals surface area contributed by atoms with Crippen molar-refractivity contribution in [3.63, 3.8) is 0 Å². The van der Waals surface area contributed by atoms with Crippen molar-refractivity contribution < 1.29 is 9.59 Å². The van der Waals surface area contributed by atoms with Crippen molar-refractivity contribution in [3.8, 4) is 0 Å². The Morgan fingerprint density at radius 3 is 2.50 bits per heavy atom. The Balaban J connectivity index is 1.91. The molecule has 0 aromatic carbocycles. The van der Waals surface area contributed by atoms with Gasteiger partial charge in [-0.25, -0.2) is 4.98 Å². The van der Waals surface area contributed by atoms with E-state index in [1.807, 2.05) is 0 Å². The summed E-state index contributed by atoms with van der Waals surface area (Å²) in [6.45, 7) is 1.79. The first-order valence-corrected chi connectivity index (χ1v) is 6.06. The lowest BCUT2D eigenvalue weighted by atomic mass is 10.2. The molecular formula is C14H14N4O2. The minimum Gasteiger partial charge on any atom is -0.348 e. The zero-order valence-electron chi connectivity index (χ0n) is 11.0. The zero-order valence-corrected chi connectivity index (χ0v) is 11.0. The number of pyridine rings is 2. The number of anilines is 1. The van der Waals surface area contributed by atoms with Gasteiger partial charge in [-0.2, -0.15) is 0 Å². The smallest absolute Gasteiger partial charge is 0.251 e. The van der Waals surface area contributed by atoms with E-state index in [0.29, 0.717) is 17.9 Å². The minimum absolute atomic E-state index is 0.168. The van der Waals surface area contributed by atoms with Gasteiger partial charge in [-0.15, -0.1) is 0 Å². The number of rotatable bonds is 4. The van der Waals surface area contributed by atoms with E-state index in [1.165, 1.54) is 6.92 Å². The number of amides is 2. The van der Waals surface area contributed by atoms with Crippen LogP contribution in [0.5, 0.6) is 0 Å². The second kappa shape index (κ2) is 6.42. The van der Waals surface area contributed by atoms with E-state index in [0.717, 1.165) is 5.56 Å². The van der Waals surface area contributed by atoms with Crippen LogP contribution in [0.15, 0.2) is 42.9 Å². The normalized spacial score (nSPS) is 9.85. The molecule has 2 N–H and O–H groups in total. The highest BCUT2D eigenvalue weighted by atomic mass is 16.2. The molecule has 0 fully saturated rings. The third kappa shape index (κ3) is 3.88. The largest absolute Gasteiger partial charge is 0.348 e. The average molecular weight is 270 g/mol. The molecule has 0 atom stereocenters. The molecule has 6 nitrogen and oxygen atoms in total. The molecule has 0 bridgehead atoms. The monoisotopic (exact) mass is 270 g/mol. The maximum absolute atomic E-state index is 11.8. The van der Waals surface area contributed by atoms with Crippen molar-refractivity contribution in [2.24, 2.45) is 0 Å². The van der Waals surface area contributed by atoms with Crippen molar-refractivity contribution in [2.45, 2.75) is 13.5 Å². The molecule has 0 aliphatic carbocycles. The van der Waals surface area contributed by atoms with E-state index in [1.54, 1.807) is 42.9 Å². The highest BCUT2D eigenvalue weighted by Gasteiger charge is 2.04. The lowest BCUT2D eigenvalue weighted by Crippen LogP contribution is -2.22. The van der Waals surface area contributed by atoms with E-state index in [4.69, 9.17) is 0 Å². The molecule has 0 spiro atoms. The zero-order chi connectivity index (χ0) is 14.4. The van der Waals surface area contributed by atoms with Gasteiger partial charge in [-0.3, -0.25) is 14.6 Å². The molecule has 2 rings (SSSR count). The summed E-state index contributed by atoms with van der Waals surface area (Å²) in [5, 5.41) is 5.36. The average Bonchev–Trinajstić information content (AvgIpc) is 2.46. The van der Waals surface area contributed by atoms with Gasteiger partial charge in [0.25, 0.3) is 5.91 Å². The van der Waals surface area contributed by atoms with Crippen molar-refractivity contribution in [3.05, 3.63) is 54.0 Å². The van der Waals surface area contributed by atoms with E-state index >= 15 is 0 Å². The van der Waals surface area contributed by atoms with Crippen molar-refractivity contribution in [1.29, 1.82) is 0 Å².